The van der Waals surface area contributed by atoms with Crippen LogP contribution in [0, 0.1) is 6.92 Å². The molecule has 0 saturated carbocycles. The number of nitrogens with zero attached hydrogens (tertiary/aromatic N) is 3. The van der Waals surface area contributed by atoms with E-state index in [9.17, 15) is 0 Å². The zero-order valence-electron chi connectivity index (χ0n) is 15.6. The van der Waals surface area contributed by atoms with Crippen LogP contribution in [0.1, 0.15) is 23.3 Å². The Balaban J connectivity index is 0.00000205. The molecule has 0 aliphatic heterocycles. The number of para-hydroxylation sites is 2. The molecule has 146 valence electrons. The van der Waals surface area contributed by atoms with Crippen molar-refractivity contribution < 1.29 is 21.5 Å². The number of aromatic nitrogens is 3. The minimum absolute atomic E-state index is 0. The van der Waals surface area contributed by atoms with Gasteiger partial charge in [0.15, 0.2) is 6.17 Å². The maximum Gasteiger partial charge on any atom is 1.00 e. The third-order valence-electron chi connectivity index (χ3n) is 4.94. The second kappa shape index (κ2) is 7.78. The number of halogens is 1. The van der Waals surface area contributed by atoms with Crippen molar-refractivity contribution in [1.82, 2.24) is 15.0 Å². The molecule has 0 aliphatic carbocycles. The maximum atomic E-state index is 15.1. The van der Waals surface area contributed by atoms with E-state index in [0.717, 1.165) is 33.1 Å². The molecule has 0 N–H and O–H groups in total. The summed E-state index contributed by atoms with van der Waals surface area (Å²) in [6.07, 6.45) is -1.37. The molecule has 0 fully saturated rings. The normalized spacial score (nSPS) is 12.1. The van der Waals surface area contributed by atoms with Crippen LogP contribution < -0.4 is 4.98 Å². The first-order chi connectivity index (χ1) is 13.7. The number of hydrogen-bond donors (Lipinski definition) is 0. The molecule has 1 atom stereocenters. The Morgan fingerprint density at radius 2 is 1.45 bits per heavy atom. The van der Waals surface area contributed by atoms with Crippen molar-refractivity contribution in [2.45, 2.75) is 13.1 Å². The number of fused-ring (bicyclic) bond motifs is 3. The topological polar surface area (TPSA) is 39.9 Å². The van der Waals surface area contributed by atoms with E-state index >= 15 is 4.39 Å². The van der Waals surface area contributed by atoms with Crippen molar-refractivity contribution >= 4 is 21.8 Å². The van der Waals surface area contributed by atoms with E-state index in [2.05, 4.69) is 22.1 Å². The van der Waals surface area contributed by atoms with Gasteiger partial charge in [-0.15, -0.1) is 11.0 Å². The first kappa shape index (κ1) is 19.3. The van der Waals surface area contributed by atoms with Crippen molar-refractivity contribution in [2.24, 2.45) is 0 Å². The fraction of sp³-hybridized carbons (Fsp3) is 0.0833. The minimum atomic E-state index is -1.37. The number of hydrogen-bond acceptors (Lipinski definition) is 2. The van der Waals surface area contributed by atoms with Crippen LogP contribution >= 0.6 is 0 Å². The summed E-state index contributed by atoms with van der Waals surface area (Å²) in [5.74, 6) is 0. The molecule has 1 unspecified atom stereocenters. The number of pyridine rings is 2. The molecular weight excluding hydrogens is 413 g/mol. The number of benzene rings is 2. The van der Waals surface area contributed by atoms with Crippen LogP contribution in [-0.2, 0) is 17.1 Å². The van der Waals surface area contributed by atoms with Crippen molar-refractivity contribution in [3.05, 3.63) is 95.9 Å². The zero-order valence-corrected chi connectivity index (χ0v) is 16.5. The summed E-state index contributed by atoms with van der Waals surface area (Å²) in [5, 5.41) is 2.19. The van der Waals surface area contributed by atoms with Gasteiger partial charge in [-0.05, 0) is 47.5 Å². The Morgan fingerprint density at radius 3 is 2.28 bits per heavy atom. The quantitative estimate of drug-likeness (QED) is 0.342. The predicted octanol–water partition coefficient (Wildman–Crippen LogP) is 5.77. The molecule has 5 rings (SSSR count). The average Bonchev–Trinajstić information content (AvgIpc) is 3.12. The van der Waals surface area contributed by atoms with Crippen LogP contribution in [0.2, 0.25) is 0 Å². The standard InChI is InChI=1S/C24H17FN3.Cu/c1-15-7-4-13-21(26-15)23(25)22-14-6-12-20(27-22)18-10-5-9-17-16-8-2-3-11-19(16)28-24(17)18;/h2-14,23H,1H3;/q-1;+1. The first-order valence-corrected chi connectivity index (χ1v) is 9.20. The molecule has 0 bridgehead atoms. The van der Waals surface area contributed by atoms with Crippen molar-refractivity contribution in [1.29, 1.82) is 0 Å². The van der Waals surface area contributed by atoms with Gasteiger partial charge in [0.2, 0.25) is 0 Å². The largest absolute Gasteiger partial charge is 1.00 e. The van der Waals surface area contributed by atoms with Gasteiger partial charge < -0.3 is 4.98 Å². The van der Waals surface area contributed by atoms with E-state index < -0.39 is 6.17 Å². The van der Waals surface area contributed by atoms with E-state index in [4.69, 9.17) is 4.98 Å². The van der Waals surface area contributed by atoms with Gasteiger partial charge in [-0.1, -0.05) is 54.6 Å². The second-order valence-electron chi connectivity index (χ2n) is 6.84. The molecule has 3 aromatic heterocycles. The van der Waals surface area contributed by atoms with Gasteiger partial charge in [-0.2, -0.15) is 0 Å². The Bertz CT molecular complexity index is 1310. The minimum Gasteiger partial charge on any atom is -0.656 e. The van der Waals surface area contributed by atoms with Crippen LogP contribution in [0.3, 0.4) is 0 Å². The predicted molar refractivity (Wildman–Crippen MR) is 110 cm³/mol. The summed E-state index contributed by atoms with van der Waals surface area (Å²) < 4.78 is 15.1. The van der Waals surface area contributed by atoms with Crippen LogP contribution in [0.15, 0.2) is 78.9 Å². The number of alkyl halides is 1. The van der Waals surface area contributed by atoms with Crippen LogP contribution in [0.5, 0.6) is 0 Å². The molecule has 5 heteroatoms. The fourth-order valence-corrected chi connectivity index (χ4v) is 3.61. The average molecular weight is 430 g/mol. The zero-order chi connectivity index (χ0) is 19.1. The van der Waals surface area contributed by atoms with Crippen molar-refractivity contribution in [3.8, 4) is 11.3 Å². The van der Waals surface area contributed by atoms with E-state index in [1.807, 2.05) is 61.5 Å². The van der Waals surface area contributed by atoms with Crippen molar-refractivity contribution in [2.75, 3.05) is 0 Å². The van der Waals surface area contributed by atoms with Crippen LogP contribution in [0.25, 0.3) is 33.1 Å². The van der Waals surface area contributed by atoms with Gasteiger partial charge >= 0.3 is 17.1 Å². The summed E-state index contributed by atoms with van der Waals surface area (Å²) >= 11 is 0. The number of rotatable bonds is 3. The SMILES string of the molecule is Cc1cccc(C(F)c2cccc(-c3cccc4c3[n-]c3ccccc34)n2)n1.[Cu+]. The smallest absolute Gasteiger partial charge is 0.656 e. The summed E-state index contributed by atoms with van der Waals surface area (Å²) in [6.45, 7) is 1.85. The van der Waals surface area contributed by atoms with E-state index in [1.165, 1.54) is 0 Å². The molecule has 29 heavy (non-hydrogen) atoms. The van der Waals surface area contributed by atoms with E-state index in [0.29, 0.717) is 17.1 Å². The summed E-state index contributed by atoms with van der Waals surface area (Å²) in [7, 11) is 0. The maximum absolute atomic E-state index is 15.1. The third kappa shape index (κ3) is 3.44. The van der Waals surface area contributed by atoms with Gasteiger partial charge in [0, 0.05) is 5.69 Å². The molecule has 0 radical (unpaired) electrons. The molecule has 0 aliphatic rings. The molecule has 3 heterocycles. The number of aryl methyl sites for hydroxylation is 1. The van der Waals surface area contributed by atoms with Gasteiger partial charge in [-0.3, -0.25) is 4.98 Å². The van der Waals surface area contributed by atoms with E-state index in [-0.39, 0.29) is 17.1 Å². The second-order valence-corrected chi connectivity index (χ2v) is 6.84. The van der Waals surface area contributed by atoms with Gasteiger partial charge in [0.05, 0.1) is 17.1 Å². The van der Waals surface area contributed by atoms with E-state index in [1.54, 1.807) is 12.1 Å². The Hall–Kier alpha value is -3.01. The Labute approximate surface area is 178 Å². The molecule has 0 spiro atoms. The van der Waals surface area contributed by atoms with Gasteiger partial charge in [0.1, 0.15) is 0 Å². The first-order valence-electron chi connectivity index (χ1n) is 9.20. The summed E-state index contributed by atoms with van der Waals surface area (Å²) in [5.41, 5.74) is 4.96. The molecular formula is C24H17CuFN3. The Kier molecular flexibility index (Phi) is 5.18. The van der Waals surface area contributed by atoms with Gasteiger partial charge in [-0.25, -0.2) is 9.37 Å². The van der Waals surface area contributed by atoms with Crippen molar-refractivity contribution in [3.63, 3.8) is 0 Å². The summed E-state index contributed by atoms with van der Waals surface area (Å²) in [4.78, 5) is 13.7. The molecule has 0 saturated heterocycles. The van der Waals surface area contributed by atoms with Crippen LogP contribution in [-0.4, -0.2) is 9.97 Å². The molecule has 2 aromatic carbocycles. The summed E-state index contributed by atoms with van der Waals surface area (Å²) in [6, 6.07) is 24.9. The third-order valence-corrected chi connectivity index (χ3v) is 4.94. The molecule has 0 amide bonds. The molecule has 3 nitrogen and oxygen atoms in total. The van der Waals surface area contributed by atoms with Gasteiger partial charge in [0.25, 0.3) is 0 Å². The molecule has 5 aromatic rings. The fourth-order valence-electron chi connectivity index (χ4n) is 3.61. The monoisotopic (exact) mass is 429 g/mol. The van der Waals surface area contributed by atoms with Crippen LogP contribution in [0.4, 0.5) is 4.39 Å². The Morgan fingerprint density at radius 1 is 0.759 bits per heavy atom.